The first-order valence-electron chi connectivity index (χ1n) is 11.2. The smallest absolute Gasteiger partial charge is 0.303 e. The van der Waals surface area contributed by atoms with E-state index in [0.717, 1.165) is 25.2 Å². The fourth-order valence-electron chi connectivity index (χ4n) is 3.92. The third-order valence-electron chi connectivity index (χ3n) is 5.71. The first kappa shape index (κ1) is 25.7. The minimum Gasteiger partial charge on any atom is -0.481 e. The molecule has 0 bridgehead atoms. The lowest BCUT2D eigenvalue weighted by Gasteiger charge is -2.33. The fourth-order valence-corrected chi connectivity index (χ4v) is 3.92. The molecule has 0 saturated heterocycles. The number of carbonyl (C=O) groups excluding carboxylic acids is 2. The Bertz CT molecular complexity index is 832. The number of carbonyl (C=O) groups is 3. The van der Waals surface area contributed by atoms with Crippen molar-refractivity contribution in [3.63, 3.8) is 0 Å². The van der Waals surface area contributed by atoms with Crippen LogP contribution in [-0.2, 0) is 20.9 Å². The van der Waals surface area contributed by atoms with Gasteiger partial charge in [-0.1, -0.05) is 6.92 Å². The Labute approximate surface area is 188 Å². The van der Waals surface area contributed by atoms with Crippen LogP contribution in [0.3, 0.4) is 0 Å². The molecule has 9 heteroatoms. The van der Waals surface area contributed by atoms with Gasteiger partial charge in [-0.25, -0.2) is 8.78 Å². The van der Waals surface area contributed by atoms with Crippen LogP contribution in [-0.4, -0.2) is 64.9 Å². The second-order valence-corrected chi connectivity index (χ2v) is 8.34. The van der Waals surface area contributed by atoms with Crippen LogP contribution >= 0.6 is 0 Å². The first-order valence-corrected chi connectivity index (χ1v) is 11.2. The molecule has 0 aliphatic carbocycles. The van der Waals surface area contributed by atoms with Gasteiger partial charge in [0.25, 0.3) is 0 Å². The molecular formula is C23H33F2N3O4. The van der Waals surface area contributed by atoms with Gasteiger partial charge in [0, 0.05) is 57.7 Å². The maximum atomic E-state index is 14.2. The van der Waals surface area contributed by atoms with E-state index in [1.54, 1.807) is 6.92 Å². The maximum absolute atomic E-state index is 14.2. The molecule has 0 radical (unpaired) electrons. The second-order valence-electron chi connectivity index (χ2n) is 8.34. The molecule has 0 atom stereocenters. The van der Waals surface area contributed by atoms with Crippen LogP contribution in [0.25, 0.3) is 0 Å². The second kappa shape index (κ2) is 11.9. The molecule has 2 amide bonds. The fraction of sp³-hybridized carbons (Fsp3) is 0.609. The number of aliphatic carboxylic acids is 1. The minimum atomic E-state index is -1.08. The lowest BCUT2D eigenvalue weighted by Crippen LogP contribution is -2.40. The van der Waals surface area contributed by atoms with Gasteiger partial charge in [-0.15, -0.1) is 0 Å². The Morgan fingerprint density at radius 1 is 0.969 bits per heavy atom. The summed E-state index contributed by atoms with van der Waals surface area (Å²) in [6, 6.07) is 2.32. The first-order chi connectivity index (χ1) is 15.1. The van der Waals surface area contributed by atoms with Gasteiger partial charge in [0.2, 0.25) is 11.8 Å². The molecule has 0 spiro atoms. The molecule has 7 nitrogen and oxygen atoms in total. The van der Waals surface area contributed by atoms with E-state index >= 15 is 0 Å². The molecule has 178 valence electrons. The molecule has 1 heterocycles. The molecule has 0 saturated carbocycles. The quantitative estimate of drug-likeness (QED) is 0.739. The standard InChI is InChI=1S/C23H33F2N3O4/c1-4-21(29)28-12-6-10-26(16(2)3)9-5-11-27(22(30)7-8-23(31)32)15-17-13-18(24)19(25)14-20(17)28/h13-14,16H,4-12,15H2,1-3H3,(H,31,32). The van der Waals surface area contributed by atoms with E-state index in [1.807, 2.05) is 0 Å². The third kappa shape index (κ3) is 6.98. The molecule has 0 unspecified atom stereocenters. The zero-order valence-electron chi connectivity index (χ0n) is 19.1. The summed E-state index contributed by atoms with van der Waals surface area (Å²) in [6.07, 6.45) is 1.04. The van der Waals surface area contributed by atoms with Crippen molar-refractivity contribution in [3.05, 3.63) is 29.3 Å². The Kier molecular flexibility index (Phi) is 9.56. The van der Waals surface area contributed by atoms with Crippen molar-refractivity contribution in [3.8, 4) is 0 Å². The number of rotatable bonds is 5. The van der Waals surface area contributed by atoms with E-state index in [9.17, 15) is 23.2 Å². The number of benzene rings is 1. The Hall–Kier alpha value is -2.55. The summed E-state index contributed by atoms with van der Waals surface area (Å²) >= 11 is 0. The van der Waals surface area contributed by atoms with Gasteiger partial charge in [0.1, 0.15) is 0 Å². The van der Waals surface area contributed by atoms with Crippen molar-refractivity contribution in [1.29, 1.82) is 0 Å². The number of fused-ring (bicyclic) bond motifs is 1. The van der Waals surface area contributed by atoms with Gasteiger partial charge in [0.15, 0.2) is 11.6 Å². The van der Waals surface area contributed by atoms with Gasteiger partial charge in [-0.3, -0.25) is 14.4 Å². The number of halogens is 2. The van der Waals surface area contributed by atoms with Crippen LogP contribution in [0.2, 0.25) is 0 Å². The van der Waals surface area contributed by atoms with Crippen molar-refractivity contribution in [2.75, 3.05) is 31.1 Å². The summed E-state index contributed by atoms with van der Waals surface area (Å²) in [4.78, 5) is 41.6. The minimum absolute atomic E-state index is 0.0276. The van der Waals surface area contributed by atoms with Crippen molar-refractivity contribution >= 4 is 23.5 Å². The molecule has 1 N–H and O–H groups in total. The topological polar surface area (TPSA) is 81.2 Å². The van der Waals surface area contributed by atoms with Gasteiger partial charge in [0.05, 0.1) is 12.1 Å². The number of hydrogen-bond donors (Lipinski definition) is 1. The van der Waals surface area contributed by atoms with E-state index in [4.69, 9.17) is 5.11 Å². The predicted octanol–water partition coefficient (Wildman–Crippen LogP) is 3.41. The summed E-state index contributed by atoms with van der Waals surface area (Å²) in [5.74, 6) is -3.77. The SMILES string of the molecule is CCC(=O)N1CCCN(C(C)C)CCCN(C(=O)CCC(=O)O)Cc2cc(F)c(F)cc21. The van der Waals surface area contributed by atoms with Crippen molar-refractivity contribution < 1.29 is 28.3 Å². The molecular weight excluding hydrogens is 420 g/mol. The summed E-state index contributed by atoms with van der Waals surface area (Å²) in [6.45, 7) is 7.97. The molecule has 1 aliphatic rings. The number of amides is 2. The number of carboxylic acid groups (broad SMARTS) is 1. The Morgan fingerprint density at radius 3 is 2.19 bits per heavy atom. The zero-order chi connectivity index (χ0) is 23.8. The van der Waals surface area contributed by atoms with E-state index in [1.165, 1.54) is 9.80 Å². The Balaban J connectivity index is 2.47. The molecule has 32 heavy (non-hydrogen) atoms. The monoisotopic (exact) mass is 453 g/mol. The summed E-state index contributed by atoms with van der Waals surface area (Å²) in [5.41, 5.74) is 0.583. The molecule has 0 fully saturated rings. The average molecular weight is 454 g/mol. The molecule has 0 aromatic heterocycles. The normalized spacial score (nSPS) is 16.3. The van der Waals surface area contributed by atoms with E-state index in [2.05, 4.69) is 18.7 Å². The predicted molar refractivity (Wildman–Crippen MR) is 117 cm³/mol. The van der Waals surface area contributed by atoms with Crippen LogP contribution in [0.5, 0.6) is 0 Å². The summed E-state index contributed by atoms with van der Waals surface area (Å²) < 4.78 is 28.3. The molecule has 1 aromatic carbocycles. The van der Waals surface area contributed by atoms with Crippen LogP contribution in [0, 0.1) is 11.6 Å². The van der Waals surface area contributed by atoms with Gasteiger partial charge >= 0.3 is 5.97 Å². The number of nitrogens with zero attached hydrogens (tertiary/aromatic N) is 3. The average Bonchev–Trinajstić information content (AvgIpc) is 2.73. The van der Waals surface area contributed by atoms with Crippen molar-refractivity contribution in [2.24, 2.45) is 0 Å². The van der Waals surface area contributed by atoms with Crippen molar-refractivity contribution in [1.82, 2.24) is 9.80 Å². The van der Waals surface area contributed by atoms with Crippen LogP contribution in [0.1, 0.15) is 58.4 Å². The lowest BCUT2D eigenvalue weighted by molar-refractivity contribution is -0.141. The van der Waals surface area contributed by atoms with E-state index < -0.39 is 17.6 Å². The largest absolute Gasteiger partial charge is 0.481 e. The molecule has 2 rings (SSSR count). The third-order valence-corrected chi connectivity index (χ3v) is 5.71. The summed E-state index contributed by atoms with van der Waals surface area (Å²) in [7, 11) is 0. The number of anilines is 1. The van der Waals surface area contributed by atoms with Crippen LogP contribution in [0.4, 0.5) is 14.5 Å². The maximum Gasteiger partial charge on any atom is 0.303 e. The van der Waals surface area contributed by atoms with Crippen LogP contribution < -0.4 is 4.90 Å². The number of carboxylic acids is 1. The lowest BCUT2D eigenvalue weighted by atomic mass is 10.1. The highest BCUT2D eigenvalue weighted by Gasteiger charge is 2.25. The highest BCUT2D eigenvalue weighted by Crippen LogP contribution is 2.27. The molecule has 1 aromatic rings. The highest BCUT2D eigenvalue weighted by molar-refractivity contribution is 5.94. The highest BCUT2D eigenvalue weighted by atomic mass is 19.2. The molecule has 1 aliphatic heterocycles. The number of hydrogen-bond acceptors (Lipinski definition) is 4. The van der Waals surface area contributed by atoms with Crippen LogP contribution in [0.15, 0.2) is 12.1 Å². The van der Waals surface area contributed by atoms with E-state index in [0.29, 0.717) is 31.5 Å². The summed E-state index contributed by atoms with van der Waals surface area (Å²) in [5, 5.41) is 8.94. The van der Waals surface area contributed by atoms with Gasteiger partial charge < -0.3 is 19.8 Å². The van der Waals surface area contributed by atoms with Crippen molar-refractivity contribution in [2.45, 2.75) is 65.5 Å². The van der Waals surface area contributed by atoms with Gasteiger partial charge in [-0.2, -0.15) is 0 Å². The van der Waals surface area contributed by atoms with Gasteiger partial charge in [-0.05, 0) is 38.3 Å². The Morgan fingerprint density at radius 2 is 1.59 bits per heavy atom. The zero-order valence-corrected chi connectivity index (χ0v) is 19.1. The van der Waals surface area contributed by atoms with E-state index in [-0.39, 0.29) is 49.4 Å².